The minimum absolute atomic E-state index is 0.175. The molecule has 140 valence electrons. The van der Waals surface area contributed by atoms with Crippen LogP contribution in [0.15, 0.2) is 54.6 Å². The summed E-state index contributed by atoms with van der Waals surface area (Å²) in [6.07, 6.45) is 9.94. The minimum Gasteiger partial charge on any atom is -0.465 e. The molecule has 0 amide bonds. The van der Waals surface area contributed by atoms with Crippen molar-refractivity contribution < 1.29 is 9.47 Å². The van der Waals surface area contributed by atoms with E-state index in [4.69, 9.17) is 9.47 Å². The van der Waals surface area contributed by atoms with E-state index in [2.05, 4.69) is 55.5 Å². The molecule has 3 rings (SSSR count). The van der Waals surface area contributed by atoms with Crippen molar-refractivity contribution in [3.8, 4) is 5.75 Å². The number of aryl methyl sites for hydroxylation is 1. The van der Waals surface area contributed by atoms with E-state index in [0.717, 1.165) is 18.6 Å². The van der Waals surface area contributed by atoms with Crippen LogP contribution in [-0.2, 0) is 17.8 Å². The maximum atomic E-state index is 6.26. The molecule has 1 unspecified atom stereocenters. The number of ether oxygens (including phenoxy) is 2. The number of rotatable bonds is 8. The molecule has 0 bridgehead atoms. The number of hydrogen-bond acceptors (Lipinski definition) is 2. The van der Waals surface area contributed by atoms with Crippen molar-refractivity contribution in [2.45, 2.75) is 71.2 Å². The summed E-state index contributed by atoms with van der Waals surface area (Å²) in [4.78, 5) is 0. The van der Waals surface area contributed by atoms with E-state index in [1.54, 1.807) is 0 Å². The maximum Gasteiger partial charge on any atom is 0.200 e. The SMILES string of the molecule is CCc1ccc(OC(CC2CCCCCC2)OCc2ccccc2)cc1. The largest absolute Gasteiger partial charge is 0.465 e. The Bertz CT molecular complexity index is 612. The molecule has 1 aliphatic rings. The lowest BCUT2D eigenvalue weighted by atomic mass is 9.96. The molecule has 2 aromatic rings. The van der Waals surface area contributed by atoms with Crippen LogP contribution in [0.1, 0.15) is 63.0 Å². The van der Waals surface area contributed by atoms with E-state index in [0.29, 0.717) is 12.5 Å². The van der Waals surface area contributed by atoms with E-state index >= 15 is 0 Å². The second-order valence-electron chi connectivity index (χ2n) is 7.43. The fraction of sp³-hybridized carbons (Fsp3) is 0.500. The van der Waals surface area contributed by atoms with Gasteiger partial charge in [0.05, 0.1) is 6.61 Å². The first-order chi connectivity index (χ1) is 12.8. The van der Waals surface area contributed by atoms with E-state index in [1.807, 2.05) is 6.07 Å². The highest BCUT2D eigenvalue weighted by Crippen LogP contribution is 2.28. The van der Waals surface area contributed by atoms with E-state index in [1.165, 1.54) is 49.7 Å². The summed E-state index contributed by atoms with van der Waals surface area (Å²) in [5, 5.41) is 0. The highest BCUT2D eigenvalue weighted by Gasteiger charge is 2.20. The van der Waals surface area contributed by atoms with E-state index in [9.17, 15) is 0 Å². The Morgan fingerprint density at radius 3 is 2.19 bits per heavy atom. The molecule has 0 radical (unpaired) electrons. The van der Waals surface area contributed by atoms with Crippen molar-refractivity contribution in [1.29, 1.82) is 0 Å². The third-order valence-corrected chi connectivity index (χ3v) is 5.38. The zero-order chi connectivity index (χ0) is 18.0. The molecular weight excluding hydrogens is 320 g/mol. The molecule has 1 fully saturated rings. The van der Waals surface area contributed by atoms with E-state index < -0.39 is 0 Å². The van der Waals surface area contributed by atoms with Crippen molar-refractivity contribution >= 4 is 0 Å². The summed E-state index contributed by atoms with van der Waals surface area (Å²) in [7, 11) is 0. The third kappa shape index (κ3) is 6.17. The first-order valence-corrected chi connectivity index (χ1v) is 10.2. The molecule has 1 saturated carbocycles. The van der Waals surface area contributed by atoms with Crippen LogP contribution in [0.3, 0.4) is 0 Å². The maximum absolute atomic E-state index is 6.26. The molecule has 0 spiro atoms. The summed E-state index contributed by atoms with van der Waals surface area (Å²) in [5.41, 5.74) is 2.53. The third-order valence-electron chi connectivity index (χ3n) is 5.38. The predicted octanol–water partition coefficient (Wildman–Crippen LogP) is 6.53. The van der Waals surface area contributed by atoms with Gasteiger partial charge in [0.2, 0.25) is 0 Å². The van der Waals surface area contributed by atoms with Crippen LogP contribution in [0.25, 0.3) is 0 Å². The van der Waals surface area contributed by atoms with Crippen molar-refractivity contribution in [2.75, 3.05) is 0 Å². The van der Waals surface area contributed by atoms with Gasteiger partial charge in [-0.25, -0.2) is 0 Å². The zero-order valence-corrected chi connectivity index (χ0v) is 16.0. The van der Waals surface area contributed by atoms with Crippen molar-refractivity contribution in [3.63, 3.8) is 0 Å². The van der Waals surface area contributed by atoms with Gasteiger partial charge in [-0.05, 0) is 35.6 Å². The lowest BCUT2D eigenvalue weighted by Crippen LogP contribution is -2.24. The van der Waals surface area contributed by atoms with Crippen LogP contribution in [0.2, 0.25) is 0 Å². The molecular formula is C24H32O2. The highest BCUT2D eigenvalue weighted by atomic mass is 16.7. The minimum atomic E-state index is -0.175. The van der Waals surface area contributed by atoms with Gasteiger partial charge in [-0.2, -0.15) is 0 Å². The first-order valence-electron chi connectivity index (χ1n) is 10.2. The number of benzene rings is 2. The Balaban J connectivity index is 1.62. The number of hydrogen-bond donors (Lipinski definition) is 0. The Morgan fingerprint density at radius 1 is 0.846 bits per heavy atom. The van der Waals surface area contributed by atoms with Crippen LogP contribution < -0.4 is 4.74 Å². The van der Waals surface area contributed by atoms with Gasteiger partial charge in [-0.3, -0.25) is 0 Å². The standard InChI is InChI=1S/C24H32O2/c1-2-20-14-16-23(17-15-20)26-24(18-21-10-6-3-4-7-11-21)25-19-22-12-8-5-9-13-22/h5,8-9,12-17,21,24H,2-4,6-7,10-11,18-19H2,1H3. The van der Waals surface area contributed by atoms with Crippen molar-refractivity contribution in [3.05, 3.63) is 65.7 Å². The Morgan fingerprint density at radius 2 is 1.54 bits per heavy atom. The molecule has 0 heterocycles. The Labute approximate surface area is 158 Å². The second-order valence-corrected chi connectivity index (χ2v) is 7.43. The molecule has 2 heteroatoms. The van der Waals surface area contributed by atoms with Gasteiger partial charge in [0.1, 0.15) is 5.75 Å². The van der Waals surface area contributed by atoms with Crippen molar-refractivity contribution in [1.82, 2.24) is 0 Å². The van der Waals surface area contributed by atoms with Gasteiger partial charge in [0.25, 0.3) is 0 Å². The fourth-order valence-electron chi connectivity index (χ4n) is 3.74. The van der Waals surface area contributed by atoms with Gasteiger partial charge >= 0.3 is 0 Å². The van der Waals surface area contributed by atoms with Gasteiger partial charge in [-0.1, -0.05) is 87.9 Å². The fourth-order valence-corrected chi connectivity index (χ4v) is 3.74. The zero-order valence-electron chi connectivity index (χ0n) is 16.0. The monoisotopic (exact) mass is 352 g/mol. The lowest BCUT2D eigenvalue weighted by Gasteiger charge is -2.24. The summed E-state index contributed by atoms with van der Waals surface area (Å²) in [6, 6.07) is 18.8. The Hall–Kier alpha value is -1.80. The van der Waals surface area contributed by atoms with Crippen LogP contribution in [0.4, 0.5) is 0 Å². The summed E-state index contributed by atoms with van der Waals surface area (Å²) < 4.78 is 12.5. The topological polar surface area (TPSA) is 18.5 Å². The van der Waals surface area contributed by atoms with Gasteiger partial charge in [0, 0.05) is 6.42 Å². The molecule has 1 atom stereocenters. The molecule has 26 heavy (non-hydrogen) atoms. The molecule has 2 nitrogen and oxygen atoms in total. The second kappa shape index (κ2) is 10.4. The lowest BCUT2D eigenvalue weighted by molar-refractivity contribution is -0.102. The van der Waals surface area contributed by atoms with Crippen LogP contribution in [-0.4, -0.2) is 6.29 Å². The predicted molar refractivity (Wildman–Crippen MR) is 107 cm³/mol. The van der Waals surface area contributed by atoms with Crippen LogP contribution in [0, 0.1) is 5.92 Å². The molecule has 0 aromatic heterocycles. The molecule has 2 aromatic carbocycles. The average Bonchev–Trinajstić information content (AvgIpc) is 2.96. The van der Waals surface area contributed by atoms with Gasteiger partial charge in [0.15, 0.2) is 6.29 Å². The Kier molecular flexibility index (Phi) is 7.57. The molecule has 0 aliphatic heterocycles. The average molecular weight is 353 g/mol. The summed E-state index contributed by atoms with van der Waals surface area (Å²) >= 11 is 0. The normalized spacial score (nSPS) is 16.8. The highest BCUT2D eigenvalue weighted by molar-refractivity contribution is 5.27. The summed E-state index contributed by atoms with van der Waals surface area (Å²) in [6.45, 7) is 2.78. The van der Waals surface area contributed by atoms with Crippen LogP contribution >= 0.6 is 0 Å². The summed E-state index contributed by atoms with van der Waals surface area (Å²) in [5.74, 6) is 1.63. The molecule has 0 saturated heterocycles. The first kappa shape index (κ1) is 19.0. The van der Waals surface area contributed by atoms with Crippen LogP contribution in [0.5, 0.6) is 5.75 Å². The smallest absolute Gasteiger partial charge is 0.200 e. The van der Waals surface area contributed by atoms with E-state index in [-0.39, 0.29) is 6.29 Å². The molecule has 1 aliphatic carbocycles. The van der Waals surface area contributed by atoms with Gasteiger partial charge in [-0.15, -0.1) is 0 Å². The molecule has 0 N–H and O–H groups in total. The van der Waals surface area contributed by atoms with Crippen molar-refractivity contribution in [2.24, 2.45) is 5.92 Å². The van der Waals surface area contributed by atoms with Gasteiger partial charge < -0.3 is 9.47 Å². The quantitative estimate of drug-likeness (QED) is 0.397.